The summed E-state index contributed by atoms with van der Waals surface area (Å²) in [4.78, 5) is 28.5. The molecule has 0 spiro atoms. The Hall–Kier alpha value is -2.84. The highest BCUT2D eigenvalue weighted by Crippen LogP contribution is 2.34. The molecule has 2 aliphatic heterocycles. The van der Waals surface area contributed by atoms with Crippen molar-refractivity contribution in [1.29, 1.82) is 0 Å². The van der Waals surface area contributed by atoms with Crippen molar-refractivity contribution in [2.24, 2.45) is 0 Å². The highest BCUT2D eigenvalue weighted by atomic mass is 16.5. The van der Waals surface area contributed by atoms with Crippen LogP contribution in [-0.2, 0) is 20.9 Å². The summed E-state index contributed by atoms with van der Waals surface area (Å²) in [6.07, 6.45) is 0.441. The van der Waals surface area contributed by atoms with E-state index in [1.165, 1.54) is 6.92 Å². The van der Waals surface area contributed by atoms with Crippen LogP contribution in [0.3, 0.4) is 0 Å². The zero-order chi connectivity index (χ0) is 20.9. The maximum Gasteiger partial charge on any atom is 0.303 e. The zero-order valence-electron chi connectivity index (χ0n) is 17.1. The van der Waals surface area contributed by atoms with Crippen LogP contribution in [0.2, 0.25) is 0 Å². The zero-order valence-corrected chi connectivity index (χ0v) is 17.1. The van der Waals surface area contributed by atoms with E-state index in [1.807, 2.05) is 35.2 Å². The highest BCUT2D eigenvalue weighted by Gasteiger charge is 2.34. The standard InChI is InChI=1S/C22H27N3O5/c1-16(26)29-15-17-7-8-20(30-17)21-23-19-6-3-2-5-18(19)22(27)25(21)10-4-9-24-11-13-28-14-12-24/h2-3,5-8,21,23H,4,9-15H2,1H3. The molecule has 0 aliphatic carbocycles. The number of anilines is 1. The molecule has 0 saturated carbocycles. The van der Waals surface area contributed by atoms with Crippen LogP contribution in [-0.4, -0.2) is 61.1 Å². The Kier molecular flexibility index (Phi) is 6.35. The fourth-order valence-electron chi connectivity index (χ4n) is 3.83. The Morgan fingerprint density at radius 1 is 1.17 bits per heavy atom. The number of ether oxygens (including phenoxy) is 2. The summed E-state index contributed by atoms with van der Waals surface area (Å²) in [6, 6.07) is 11.1. The third kappa shape index (κ3) is 4.66. The van der Waals surface area contributed by atoms with E-state index in [4.69, 9.17) is 13.9 Å². The molecule has 160 valence electrons. The molecule has 2 aliphatic rings. The summed E-state index contributed by atoms with van der Waals surface area (Å²) in [6.45, 7) is 6.32. The molecule has 0 bridgehead atoms. The van der Waals surface area contributed by atoms with Crippen molar-refractivity contribution in [1.82, 2.24) is 9.80 Å². The molecule has 0 radical (unpaired) electrons. The van der Waals surface area contributed by atoms with Gasteiger partial charge in [-0.1, -0.05) is 12.1 Å². The predicted octanol–water partition coefficient (Wildman–Crippen LogP) is 2.63. The number of esters is 1. The first-order valence-corrected chi connectivity index (χ1v) is 10.3. The Morgan fingerprint density at radius 2 is 1.97 bits per heavy atom. The number of fused-ring (bicyclic) bond motifs is 1. The van der Waals surface area contributed by atoms with Crippen LogP contribution in [0, 0.1) is 0 Å². The van der Waals surface area contributed by atoms with Crippen LogP contribution >= 0.6 is 0 Å². The lowest BCUT2D eigenvalue weighted by atomic mass is 10.1. The number of morpholine rings is 1. The van der Waals surface area contributed by atoms with Gasteiger partial charge in [0.15, 0.2) is 6.17 Å². The molecule has 1 saturated heterocycles. The maximum atomic E-state index is 13.2. The molecule has 1 fully saturated rings. The second-order valence-electron chi connectivity index (χ2n) is 7.48. The average Bonchev–Trinajstić information content (AvgIpc) is 3.23. The van der Waals surface area contributed by atoms with Crippen molar-refractivity contribution in [3.8, 4) is 0 Å². The van der Waals surface area contributed by atoms with Crippen LogP contribution in [0.25, 0.3) is 0 Å². The monoisotopic (exact) mass is 413 g/mol. The van der Waals surface area contributed by atoms with Gasteiger partial charge in [-0.2, -0.15) is 0 Å². The summed E-state index contributed by atoms with van der Waals surface area (Å²) in [5.74, 6) is 0.778. The van der Waals surface area contributed by atoms with Crippen LogP contribution in [0.4, 0.5) is 5.69 Å². The number of benzene rings is 1. The molecular formula is C22H27N3O5. The topological polar surface area (TPSA) is 84.2 Å². The largest absolute Gasteiger partial charge is 0.458 e. The van der Waals surface area contributed by atoms with E-state index in [0.29, 0.717) is 23.6 Å². The number of rotatable bonds is 7. The fraction of sp³-hybridized carbons (Fsp3) is 0.455. The SMILES string of the molecule is CC(=O)OCc1ccc(C2Nc3ccccc3C(=O)N2CCCN2CCOCC2)o1. The molecular weight excluding hydrogens is 386 g/mol. The number of nitrogens with one attached hydrogen (secondary N) is 1. The molecule has 3 heterocycles. The lowest BCUT2D eigenvalue weighted by molar-refractivity contribution is -0.142. The third-order valence-electron chi connectivity index (χ3n) is 5.37. The molecule has 30 heavy (non-hydrogen) atoms. The maximum absolute atomic E-state index is 13.2. The van der Waals surface area contributed by atoms with Crippen molar-refractivity contribution in [3.63, 3.8) is 0 Å². The van der Waals surface area contributed by atoms with E-state index in [0.717, 1.165) is 45.0 Å². The summed E-state index contributed by atoms with van der Waals surface area (Å²) in [5.41, 5.74) is 1.45. The van der Waals surface area contributed by atoms with Crippen LogP contribution in [0.1, 0.15) is 41.4 Å². The minimum absolute atomic E-state index is 0.0192. The number of carbonyl (C=O) groups is 2. The number of hydrogen-bond donors (Lipinski definition) is 1. The van der Waals surface area contributed by atoms with Crippen LogP contribution in [0.15, 0.2) is 40.8 Å². The van der Waals surface area contributed by atoms with Gasteiger partial charge < -0.3 is 24.1 Å². The van der Waals surface area contributed by atoms with Crippen molar-refractivity contribution in [2.45, 2.75) is 26.1 Å². The van der Waals surface area contributed by atoms with Gasteiger partial charge in [0, 0.05) is 38.8 Å². The molecule has 4 rings (SSSR count). The first kappa shape index (κ1) is 20.4. The molecule has 1 amide bonds. The Balaban J connectivity index is 1.50. The van der Waals surface area contributed by atoms with Crippen molar-refractivity contribution < 1.29 is 23.5 Å². The van der Waals surface area contributed by atoms with E-state index in [-0.39, 0.29) is 18.5 Å². The van der Waals surface area contributed by atoms with E-state index in [1.54, 1.807) is 6.07 Å². The molecule has 1 aromatic heterocycles. The number of carbonyl (C=O) groups excluding carboxylic acids is 2. The molecule has 1 N–H and O–H groups in total. The molecule has 8 nitrogen and oxygen atoms in total. The summed E-state index contributed by atoms with van der Waals surface area (Å²) in [5, 5.41) is 3.43. The second kappa shape index (κ2) is 9.32. The quantitative estimate of drug-likeness (QED) is 0.699. The first-order chi connectivity index (χ1) is 14.6. The Bertz CT molecular complexity index is 890. The fourth-order valence-corrected chi connectivity index (χ4v) is 3.83. The lowest BCUT2D eigenvalue weighted by Crippen LogP contribution is -2.44. The van der Waals surface area contributed by atoms with Gasteiger partial charge in [-0.15, -0.1) is 0 Å². The van der Waals surface area contributed by atoms with Crippen LogP contribution < -0.4 is 5.32 Å². The van der Waals surface area contributed by atoms with Gasteiger partial charge in [0.2, 0.25) is 0 Å². The smallest absolute Gasteiger partial charge is 0.303 e. The minimum Gasteiger partial charge on any atom is -0.458 e. The minimum atomic E-state index is -0.414. The van der Waals surface area contributed by atoms with E-state index in [2.05, 4.69) is 10.2 Å². The van der Waals surface area contributed by atoms with Gasteiger partial charge in [0.1, 0.15) is 18.1 Å². The highest BCUT2D eigenvalue weighted by molar-refractivity contribution is 6.01. The van der Waals surface area contributed by atoms with E-state index >= 15 is 0 Å². The van der Waals surface area contributed by atoms with Gasteiger partial charge >= 0.3 is 5.97 Å². The molecule has 1 atom stereocenters. The van der Waals surface area contributed by atoms with E-state index in [9.17, 15) is 9.59 Å². The average molecular weight is 413 g/mol. The second-order valence-corrected chi connectivity index (χ2v) is 7.48. The number of furan rings is 1. The number of amides is 1. The number of nitrogens with zero attached hydrogens (tertiary/aromatic N) is 2. The van der Waals surface area contributed by atoms with Crippen molar-refractivity contribution in [2.75, 3.05) is 44.7 Å². The number of hydrogen-bond acceptors (Lipinski definition) is 7. The van der Waals surface area contributed by atoms with Gasteiger partial charge in [0.25, 0.3) is 5.91 Å². The van der Waals surface area contributed by atoms with Gasteiger partial charge in [-0.3, -0.25) is 14.5 Å². The van der Waals surface area contributed by atoms with Gasteiger partial charge in [0.05, 0.1) is 18.8 Å². The summed E-state index contributed by atoms with van der Waals surface area (Å²) >= 11 is 0. The van der Waals surface area contributed by atoms with Gasteiger partial charge in [-0.05, 0) is 30.7 Å². The Morgan fingerprint density at radius 3 is 2.77 bits per heavy atom. The molecule has 1 unspecified atom stereocenters. The van der Waals surface area contributed by atoms with Gasteiger partial charge in [-0.25, -0.2) is 0 Å². The van der Waals surface area contributed by atoms with Crippen molar-refractivity contribution in [3.05, 3.63) is 53.5 Å². The normalized spacial score (nSPS) is 19.3. The molecule has 8 heteroatoms. The summed E-state index contributed by atoms with van der Waals surface area (Å²) in [7, 11) is 0. The van der Waals surface area contributed by atoms with Crippen molar-refractivity contribution >= 4 is 17.6 Å². The predicted molar refractivity (Wildman–Crippen MR) is 110 cm³/mol. The number of para-hydroxylation sites is 1. The van der Waals surface area contributed by atoms with E-state index < -0.39 is 6.17 Å². The first-order valence-electron chi connectivity index (χ1n) is 10.3. The Labute approximate surface area is 175 Å². The lowest BCUT2D eigenvalue weighted by Gasteiger charge is -2.37. The molecule has 1 aromatic carbocycles. The summed E-state index contributed by atoms with van der Waals surface area (Å²) < 4.78 is 16.3. The third-order valence-corrected chi connectivity index (χ3v) is 5.37. The van der Waals surface area contributed by atoms with Crippen LogP contribution in [0.5, 0.6) is 0 Å². The molecule has 2 aromatic rings.